The number of hydrogen-bond donors (Lipinski definition) is 1. The van der Waals surface area contributed by atoms with Crippen LogP contribution < -0.4 is 5.84 Å². The van der Waals surface area contributed by atoms with Crippen LogP contribution in [0.4, 0.5) is 0 Å². The topological polar surface area (TPSA) is 38.5 Å². The van der Waals surface area contributed by atoms with Gasteiger partial charge in [-0.2, -0.15) is 0 Å². The van der Waals surface area contributed by atoms with Crippen molar-refractivity contribution in [1.82, 2.24) is 5.01 Å². The van der Waals surface area contributed by atoms with Gasteiger partial charge in [0.25, 0.3) is 0 Å². The Kier molecular flexibility index (Phi) is 2.05. The van der Waals surface area contributed by atoms with E-state index < -0.39 is 0 Å². The van der Waals surface area contributed by atoms with Crippen LogP contribution in [0.3, 0.4) is 0 Å². The molecule has 0 aliphatic carbocycles. The zero-order chi connectivity index (χ0) is 6.85. The number of nitrogens with two attached hydrogens (primary N) is 1. The lowest BCUT2D eigenvalue weighted by Crippen LogP contribution is -2.53. The SMILES string of the molecule is C[C@@H]1COC[C@@H](C)N1N. The van der Waals surface area contributed by atoms with Crippen LogP contribution in [0.15, 0.2) is 0 Å². The summed E-state index contributed by atoms with van der Waals surface area (Å²) in [5.74, 6) is 5.68. The van der Waals surface area contributed by atoms with Crippen molar-refractivity contribution in [3.05, 3.63) is 0 Å². The van der Waals surface area contributed by atoms with Crippen molar-refractivity contribution >= 4 is 0 Å². The molecule has 3 heteroatoms. The van der Waals surface area contributed by atoms with Gasteiger partial charge in [0.05, 0.1) is 13.2 Å². The third kappa shape index (κ3) is 1.41. The van der Waals surface area contributed by atoms with Gasteiger partial charge in [0.2, 0.25) is 0 Å². The van der Waals surface area contributed by atoms with Crippen molar-refractivity contribution in [3.8, 4) is 0 Å². The van der Waals surface area contributed by atoms with E-state index in [9.17, 15) is 0 Å². The predicted molar refractivity (Wildman–Crippen MR) is 35.8 cm³/mol. The smallest absolute Gasteiger partial charge is 0.0633 e. The molecule has 0 spiro atoms. The van der Waals surface area contributed by atoms with E-state index in [-0.39, 0.29) is 0 Å². The van der Waals surface area contributed by atoms with Gasteiger partial charge >= 0.3 is 0 Å². The van der Waals surface area contributed by atoms with Crippen LogP contribution in [0.5, 0.6) is 0 Å². The summed E-state index contributed by atoms with van der Waals surface area (Å²) in [6, 6.07) is 0.738. The Morgan fingerprint density at radius 3 is 2.11 bits per heavy atom. The number of rotatable bonds is 0. The Morgan fingerprint density at radius 2 is 1.78 bits per heavy atom. The minimum absolute atomic E-state index is 0.369. The first kappa shape index (κ1) is 6.99. The third-order valence-corrected chi connectivity index (χ3v) is 1.74. The fraction of sp³-hybridized carbons (Fsp3) is 1.00. The van der Waals surface area contributed by atoms with Gasteiger partial charge in [-0.25, -0.2) is 5.01 Å². The number of hydrazine groups is 1. The molecule has 1 heterocycles. The van der Waals surface area contributed by atoms with Crippen LogP contribution in [-0.4, -0.2) is 30.3 Å². The van der Waals surface area contributed by atoms with E-state index >= 15 is 0 Å². The third-order valence-electron chi connectivity index (χ3n) is 1.74. The van der Waals surface area contributed by atoms with Crippen LogP contribution >= 0.6 is 0 Å². The lowest BCUT2D eigenvalue weighted by atomic mass is 10.2. The normalized spacial score (nSPS) is 39.0. The maximum absolute atomic E-state index is 5.68. The lowest BCUT2D eigenvalue weighted by molar-refractivity contribution is -0.0372. The first-order valence-electron chi connectivity index (χ1n) is 3.32. The van der Waals surface area contributed by atoms with E-state index in [1.165, 1.54) is 0 Å². The van der Waals surface area contributed by atoms with Gasteiger partial charge in [0.15, 0.2) is 0 Å². The number of morpholine rings is 1. The maximum atomic E-state index is 5.68. The molecule has 2 atom stereocenters. The molecule has 1 saturated heterocycles. The molecule has 0 saturated carbocycles. The zero-order valence-electron chi connectivity index (χ0n) is 6.00. The lowest BCUT2D eigenvalue weighted by Gasteiger charge is -2.34. The Morgan fingerprint density at radius 1 is 1.33 bits per heavy atom. The summed E-state index contributed by atoms with van der Waals surface area (Å²) in [6.45, 7) is 5.66. The summed E-state index contributed by atoms with van der Waals surface area (Å²) in [5, 5.41) is 1.85. The van der Waals surface area contributed by atoms with E-state index in [0.717, 1.165) is 13.2 Å². The van der Waals surface area contributed by atoms with Crippen molar-refractivity contribution in [2.24, 2.45) is 5.84 Å². The molecule has 0 bridgehead atoms. The molecule has 0 radical (unpaired) electrons. The molecule has 3 nitrogen and oxygen atoms in total. The summed E-state index contributed by atoms with van der Waals surface area (Å²) >= 11 is 0. The van der Waals surface area contributed by atoms with Gasteiger partial charge in [0, 0.05) is 12.1 Å². The summed E-state index contributed by atoms with van der Waals surface area (Å²) in [6.07, 6.45) is 0. The molecule has 1 rings (SSSR count). The monoisotopic (exact) mass is 130 g/mol. The van der Waals surface area contributed by atoms with Gasteiger partial charge in [-0.15, -0.1) is 0 Å². The molecule has 0 amide bonds. The highest BCUT2D eigenvalue weighted by atomic mass is 16.5. The maximum Gasteiger partial charge on any atom is 0.0633 e. The molecule has 1 fully saturated rings. The quantitative estimate of drug-likeness (QED) is 0.468. The number of nitrogens with zero attached hydrogens (tertiary/aromatic N) is 1. The number of hydrogen-bond acceptors (Lipinski definition) is 3. The van der Waals surface area contributed by atoms with Gasteiger partial charge in [-0.3, -0.25) is 5.84 Å². The van der Waals surface area contributed by atoms with Gasteiger partial charge < -0.3 is 4.74 Å². The van der Waals surface area contributed by atoms with Crippen LogP contribution in [0.1, 0.15) is 13.8 Å². The Labute approximate surface area is 55.7 Å². The molecule has 1 aliphatic rings. The van der Waals surface area contributed by atoms with Gasteiger partial charge in [-0.1, -0.05) is 0 Å². The Bertz CT molecular complexity index is 87.1. The van der Waals surface area contributed by atoms with Gasteiger partial charge in [0.1, 0.15) is 0 Å². The average Bonchev–Trinajstić information content (AvgIpc) is 1.83. The largest absolute Gasteiger partial charge is 0.378 e. The fourth-order valence-corrected chi connectivity index (χ4v) is 1.02. The highest BCUT2D eigenvalue weighted by Gasteiger charge is 2.21. The van der Waals surface area contributed by atoms with E-state index in [1.54, 1.807) is 0 Å². The zero-order valence-corrected chi connectivity index (χ0v) is 6.00. The molecule has 0 unspecified atom stereocenters. The molecular weight excluding hydrogens is 116 g/mol. The first-order valence-corrected chi connectivity index (χ1v) is 3.32. The molecule has 0 aromatic rings. The second kappa shape index (κ2) is 2.64. The molecule has 0 aromatic carbocycles. The van der Waals surface area contributed by atoms with Crippen LogP contribution in [0.2, 0.25) is 0 Å². The summed E-state index contributed by atoms with van der Waals surface area (Å²) in [5.41, 5.74) is 0. The van der Waals surface area contributed by atoms with Crippen molar-refractivity contribution in [3.63, 3.8) is 0 Å². The molecule has 2 N–H and O–H groups in total. The van der Waals surface area contributed by atoms with Gasteiger partial charge in [-0.05, 0) is 13.8 Å². The second-order valence-electron chi connectivity index (χ2n) is 2.68. The van der Waals surface area contributed by atoms with Crippen LogP contribution in [0.25, 0.3) is 0 Å². The highest BCUT2D eigenvalue weighted by Crippen LogP contribution is 2.06. The summed E-state index contributed by atoms with van der Waals surface area (Å²) in [7, 11) is 0. The molecule has 54 valence electrons. The van der Waals surface area contributed by atoms with Crippen molar-refractivity contribution in [1.29, 1.82) is 0 Å². The van der Waals surface area contributed by atoms with Crippen LogP contribution in [-0.2, 0) is 4.74 Å². The Hall–Kier alpha value is -0.120. The first-order chi connectivity index (χ1) is 4.22. The minimum atomic E-state index is 0.369. The number of ether oxygens (including phenoxy) is 1. The van der Waals surface area contributed by atoms with Crippen molar-refractivity contribution in [2.75, 3.05) is 13.2 Å². The second-order valence-corrected chi connectivity index (χ2v) is 2.68. The van der Waals surface area contributed by atoms with E-state index in [1.807, 2.05) is 5.01 Å². The predicted octanol–water partition coefficient (Wildman–Crippen LogP) is -0.0307. The summed E-state index contributed by atoms with van der Waals surface area (Å²) in [4.78, 5) is 0. The highest BCUT2D eigenvalue weighted by molar-refractivity contribution is 4.71. The van der Waals surface area contributed by atoms with Crippen molar-refractivity contribution < 1.29 is 4.74 Å². The van der Waals surface area contributed by atoms with E-state index in [2.05, 4.69) is 13.8 Å². The molecule has 1 aliphatic heterocycles. The standard InChI is InChI=1S/C6H14N2O/c1-5-3-9-4-6(2)8(5)7/h5-6H,3-4,7H2,1-2H3/t5-,6-/m1/s1. The molecule has 9 heavy (non-hydrogen) atoms. The van der Waals surface area contributed by atoms with E-state index in [4.69, 9.17) is 10.6 Å². The van der Waals surface area contributed by atoms with Crippen LogP contribution in [0, 0.1) is 0 Å². The molecule has 0 aromatic heterocycles. The van der Waals surface area contributed by atoms with E-state index in [0.29, 0.717) is 12.1 Å². The minimum Gasteiger partial charge on any atom is -0.378 e. The average molecular weight is 130 g/mol. The fourth-order valence-electron chi connectivity index (χ4n) is 1.02. The summed E-state index contributed by atoms with van der Waals surface area (Å²) < 4.78 is 5.24. The Balaban J connectivity index is 2.41. The van der Waals surface area contributed by atoms with Crippen molar-refractivity contribution in [2.45, 2.75) is 25.9 Å². The molecular formula is C6H14N2O.